The molecule has 0 spiro atoms. The van der Waals surface area contributed by atoms with Crippen molar-refractivity contribution in [1.82, 2.24) is 0 Å². The number of nitroso groups, excluding NO2 is 3. The van der Waals surface area contributed by atoms with E-state index < -0.39 is 42.0 Å². The lowest BCUT2D eigenvalue weighted by Crippen LogP contribution is -1.98. The summed E-state index contributed by atoms with van der Waals surface area (Å²) in [5.41, 5.74) is 0. The molecule has 23 heavy (non-hydrogen) atoms. The molecule has 0 aromatic heterocycles. The summed E-state index contributed by atoms with van der Waals surface area (Å²) in [5, 5.41) is 19.2. The van der Waals surface area contributed by atoms with Crippen LogP contribution in [0.25, 0.3) is 10.8 Å². The molecule has 0 amide bonds. The molecule has 3 N–H and O–H groups in total. The molecule has 0 aliphatic carbocycles. The van der Waals surface area contributed by atoms with Crippen molar-refractivity contribution in [3.8, 4) is 11.5 Å². The number of phenols is 2. The summed E-state index contributed by atoms with van der Waals surface area (Å²) in [6.07, 6.45) is 0. The third-order valence-electron chi connectivity index (χ3n) is 2.88. The van der Waals surface area contributed by atoms with E-state index in [1.54, 1.807) is 0 Å². The summed E-state index contributed by atoms with van der Waals surface area (Å²) < 4.78 is 38.2. The van der Waals surface area contributed by atoms with E-state index in [1.165, 1.54) is 0 Å². The van der Waals surface area contributed by atoms with E-state index in [-0.39, 0.29) is 10.8 Å². The molecule has 0 bridgehead atoms. The highest BCUT2D eigenvalue weighted by molar-refractivity contribution is 8.30. The normalized spacial score (nSPS) is 12.7. The van der Waals surface area contributed by atoms with Gasteiger partial charge < -0.3 is 10.2 Å². The topological polar surface area (TPSA) is 183 Å². The first-order valence-electron chi connectivity index (χ1n) is 5.53. The Morgan fingerprint density at radius 2 is 1.22 bits per heavy atom. The fourth-order valence-corrected chi connectivity index (χ4v) is 3.32. The third-order valence-corrected chi connectivity index (χ3v) is 5.20. The van der Waals surface area contributed by atoms with E-state index in [9.17, 15) is 33.4 Å². The van der Waals surface area contributed by atoms with Gasteiger partial charge in [-0.2, -0.15) is 8.42 Å². The molecule has 2 aromatic carbocycles. The monoisotopic (exact) mass is 361 g/mol. The van der Waals surface area contributed by atoms with Crippen LogP contribution in [-0.4, -0.2) is 23.2 Å². The Balaban J connectivity index is 2.91. The van der Waals surface area contributed by atoms with E-state index in [2.05, 4.69) is 13.7 Å². The van der Waals surface area contributed by atoms with Crippen molar-refractivity contribution in [2.75, 3.05) is 0 Å². The molecule has 0 heterocycles. The quantitative estimate of drug-likeness (QED) is 0.536. The maximum atomic E-state index is 11.1. The Bertz CT molecular complexity index is 921. The molecule has 0 unspecified atom stereocenters. The van der Waals surface area contributed by atoms with Gasteiger partial charge in [0.25, 0.3) is 10.1 Å². The predicted molar refractivity (Wildman–Crippen MR) is 80.3 cm³/mol. The van der Waals surface area contributed by atoms with Crippen molar-refractivity contribution in [2.24, 2.45) is 13.7 Å². The van der Waals surface area contributed by atoms with Gasteiger partial charge in [0.15, 0.2) is 10.6 Å². The lowest BCUT2D eigenvalue weighted by molar-refractivity contribution is 0.459. The van der Waals surface area contributed by atoms with Crippen molar-refractivity contribution < 1.29 is 23.2 Å². The molecule has 0 atom stereocenters. The standard InChI is InChI=1S/C10H7N3O8S2/c14-8-3-6(22(11-16,12-17)13-18)1-5-2-7(23(19,20)21)4-9(15)10(5)8/h1-4,14-15H,(H,19,20,21). The Morgan fingerprint density at radius 3 is 1.65 bits per heavy atom. The largest absolute Gasteiger partial charge is 0.507 e. The number of nitrogens with zero attached hydrogens (tertiary/aromatic N) is 3. The van der Waals surface area contributed by atoms with Crippen LogP contribution in [0.4, 0.5) is 0 Å². The minimum absolute atomic E-state index is 0.194. The predicted octanol–water partition coefficient (Wildman–Crippen LogP) is 2.71. The molecular weight excluding hydrogens is 354 g/mol. The van der Waals surface area contributed by atoms with Crippen molar-refractivity contribution in [3.63, 3.8) is 0 Å². The van der Waals surface area contributed by atoms with Gasteiger partial charge in [0.1, 0.15) is 11.5 Å². The Kier molecular flexibility index (Phi) is 4.02. The van der Waals surface area contributed by atoms with Crippen molar-refractivity contribution in [1.29, 1.82) is 0 Å². The van der Waals surface area contributed by atoms with Gasteiger partial charge in [-0.15, -0.1) is 14.7 Å². The zero-order chi connectivity index (χ0) is 17.4. The van der Waals surface area contributed by atoms with Gasteiger partial charge in [0.2, 0.25) is 0 Å². The zero-order valence-electron chi connectivity index (χ0n) is 10.9. The van der Waals surface area contributed by atoms with E-state index in [1.807, 2.05) is 0 Å². The average molecular weight is 361 g/mol. The van der Waals surface area contributed by atoms with Gasteiger partial charge in [0, 0.05) is 19.8 Å². The van der Waals surface area contributed by atoms with Crippen LogP contribution in [0.1, 0.15) is 0 Å². The van der Waals surface area contributed by atoms with Crippen molar-refractivity contribution in [2.45, 2.75) is 9.79 Å². The smallest absolute Gasteiger partial charge is 0.294 e. The second kappa shape index (κ2) is 5.53. The maximum absolute atomic E-state index is 11.1. The first-order chi connectivity index (χ1) is 10.7. The highest BCUT2D eigenvalue weighted by Crippen LogP contribution is 2.61. The molecule has 0 aliphatic heterocycles. The van der Waals surface area contributed by atoms with Crippen LogP contribution in [0.2, 0.25) is 0 Å². The van der Waals surface area contributed by atoms with Crippen LogP contribution in [0.15, 0.2) is 47.8 Å². The summed E-state index contributed by atoms with van der Waals surface area (Å²) >= 11 is 0. The van der Waals surface area contributed by atoms with Gasteiger partial charge in [-0.1, -0.05) is 0 Å². The maximum Gasteiger partial charge on any atom is 0.294 e. The fourth-order valence-electron chi connectivity index (χ4n) is 1.89. The van der Waals surface area contributed by atoms with Gasteiger partial charge >= 0.3 is 0 Å². The number of rotatable bonds is 5. The number of hydrogen-bond donors (Lipinski definition) is 3. The van der Waals surface area contributed by atoms with Crippen LogP contribution in [-0.2, 0) is 10.1 Å². The fraction of sp³-hybridized carbons (Fsp3) is 0. The van der Waals surface area contributed by atoms with Gasteiger partial charge in [-0.3, -0.25) is 4.55 Å². The third kappa shape index (κ3) is 2.71. The molecule has 0 saturated heterocycles. The molecule has 0 fully saturated rings. The lowest BCUT2D eigenvalue weighted by Gasteiger charge is -2.16. The SMILES string of the molecule is O=NS(N=O)(N=O)c1cc(O)c2c(O)cc(S(=O)(=O)O)cc2c1. The van der Waals surface area contributed by atoms with Crippen LogP contribution in [0.5, 0.6) is 11.5 Å². The van der Waals surface area contributed by atoms with E-state index in [0.29, 0.717) is 6.07 Å². The lowest BCUT2D eigenvalue weighted by atomic mass is 10.1. The summed E-state index contributed by atoms with van der Waals surface area (Å²) in [5.74, 6) is -1.37. The molecule has 13 heteroatoms. The van der Waals surface area contributed by atoms with Crippen LogP contribution >= 0.6 is 10.6 Å². The average Bonchev–Trinajstić information content (AvgIpc) is 2.48. The second-order valence-electron chi connectivity index (χ2n) is 4.20. The number of benzene rings is 2. The summed E-state index contributed by atoms with van der Waals surface area (Å²) in [4.78, 5) is 31.1. The zero-order valence-corrected chi connectivity index (χ0v) is 12.5. The molecule has 0 saturated carbocycles. The first-order valence-corrected chi connectivity index (χ1v) is 8.47. The van der Waals surface area contributed by atoms with Crippen LogP contribution < -0.4 is 0 Å². The number of hydrogen-bond acceptors (Lipinski definition) is 10. The highest BCUT2D eigenvalue weighted by atomic mass is 32.3. The summed E-state index contributed by atoms with van der Waals surface area (Å²) in [6.45, 7) is 0. The molecule has 2 aromatic rings. The van der Waals surface area contributed by atoms with Crippen molar-refractivity contribution in [3.05, 3.63) is 39.0 Å². The Morgan fingerprint density at radius 1 is 0.783 bits per heavy atom. The van der Waals surface area contributed by atoms with E-state index in [0.717, 1.165) is 18.2 Å². The second-order valence-corrected chi connectivity index (χ2v) is 7.58. The van der Waals surface area contributed by atoms with E-state index in [4.69, 9.17) is 4.55 Å². The molecule has 2 rings (SSSR count). The van der Waals surface area contributed by atoms with Crippen molar-refractivity contribution >= 4 is 31.5 Å². The number of fused-ring (bicyclic) bond motifs is 1. The van der Waals surface area contributed by atoms with Crippen LogP contribution in [0.3, 0.4) is 0 Å². The van der Waals surface area contributed by atoms with Gasteiger partial charge in [0.05, 0.1) is 15.2 Å². The molecule has 11 nitrogen and oxygen atoms in total. The minimum Gasteiger partial charge on any atom is -0.507 e. The summed E-state index contributed by atoms with van der Waals surface area (Å²) in [7, 11) is -8.59. The number of aromatic hydroxyl groups is 2. The molecule has 0 radical (unpaired) electrons. The minimum atomic E-state index is -4.68. The highest BCUT2D eigenvalue weighted by Gasteiger charge is 2.33. The van der Waals surface area contributed by atoms with Crippen LogP contribution in [0, 0.1) is 14.7 Å². The summed E-state index contributed by atoms with van der Waals surface area (Å²) in [6, 6.07) is 3.25. The Labute approximate surface area is 129 Å². The Hall–Kier alpha value is -2.64. The van der Waals surface area contributed by atoms with Gasteiger partial charge in [-0.05, 0) is 23.6 Å². The number of phenolic OH excluding ortho intramolecular Hbond substituents is 2. The van der Waals surface area contributed by atoms with E-state index >= 15 is 0 Å². The van der Waals surface area contributed by atoms with Gasteiger partial charge in [-0.25, -0.2) is 0 Å². The molecule has 122 valence electrons. The molecule has 0 aliphatic rings. The molecular formula is C10H7N3O8S2. The first kappa shape index (κ1) is 16.7.